The number of aromatic nitrogens is 2. The Labute approximate surface area is 112 Å². The Bertz CT molecular complexity index is 593. The molecular formula is C14H18N4O. The van der Waals surface area contributed by atoms with Crippen LogP contribution in [0.3, 0.4) is 0 Å². The molecule has 0 bridgehead atoms. The van der Waals surface area contributed by atoms with Gasteiger partial charge in [-0.3, -0.25) is 0 Å². The molecule has 0 radical (unpaired) electrons. The lowest BCUT2D eigenvalue weighted by Gasteiger charge is -2.24. The van der Waals surface area contributed by atoms with Gasteiger partial charge in [-0.25, -0.2) is 9.97 Å². The zero-order valence-corrected chi connectivity index (χ0v) is 11.0. The molecule has 3 N–H and O–H groups in total. The number of anilines is 2. The fourth-order valence-electron chi connectivity index (χ4n) is 2.46. The molecule has 1 aliphatic rings. The van der Waals surface area contributed by atoms with Crippen molar-refractivity contribution in [3.8, 4) is 0 Å². The number of hydrogen-bond acceptors (Lipinski definition) is 5. The maximum absolute atomic E-state index is 5.77. The van der Waals surface area contributed by atoms with Gasteiger partial charge in [0.1, 0.15) is 12.1 Å². The van der Waals surface area contributed by atoms with E-state index in [1.807, 2.05) is 18.2 Å². The highest BCUT2D eigenvalue weighted by Crippen LogP contribution is 2.27. The molecule has 0 amide bonds. The SMILES string of the molecule is CC1(CNc2ncnc3cc(N)ccc23)CCCO1. The molecule has 19 heavy (non-hydrogen) atoms. The predicted octanol–water partition coefficient (Wildman–Crippen LogP) is 2.19. The Morgan fingerprint density at radius 2 is 2.32 bits per heavy atom. The fraction of sp³-hybridized carbons (Fsp3) is 0.429. The Kier molecular flexibility index (Phi) is 2.98. The van der Waals surface area contributed by atoms with E-state index < -0.39 is 0 Å². The van der Waals surface area contributed by atoms with Gasteiger partial charge in [-0.15, -0.1) is 0 Å². The van der Waals surface area contributed by atoms with Crippen molar-refractivity contribution in [1.29, 1.82) is 0 Å². The van der Waals surface area contributed by atoms with Gasteiger partial charge in [-0.05, 0) is 38.0 Å². The number of rotatable bonds is 3. The van der Waals surface area contributed by atoms with E-state index in [-0.39, 0.29) is 5.60 Å². The highest BCUT2D eigenvalue weighted by atomic mass is 16.5. The third kappa shape index (κ3) is 2.46. The minimum absolute atomic E-state index is 0.0922. The van der Waals surface area contributed by atoms with Crippen molar-refractivity contribution >= 4 is 22.4 Å². The molecule has 5 heteroatoms. The van der Waals surface area contributed by atoms with Crippen LogP contribution in [0.5, 0.6) is 0 Å². The van der Waals surface area contributed by atoms with Gasteiger partial charge in [0.15, 0.2) is 0 Å². The summed E-state index contributed by atoms with van der Waals surface area (Å²) >= 11 is 0. The molecule has 100 valence electrons. The average molecular weight is 258 g/mol. The number of benzene rings is 1. The van der Waals surface area contributed by atoms with Crippen LogP contribution < -0.4 is 11.1 Å². The number of nitrogen functional groups attached to an aromatic ring is 1. The predicted molar refractivity (Wildman–Crippen MR) is 76.0 cm³/mol. The van der Waals surface area contributed by atoms with E-state index in [0.29, 0.717) is 5.69 Å². The molecule has 1 unspecified atom stereocenters. The van der Waals surface area contributed by atoms with Gasteiger partial charge in [-0.2, -0.15) is 0 Å². The maximum atomic E-state index is 5.77. The first-order valence-corrected chi connectivity index (χ1v) is 6.54. The lowest BCUT2D eigenvalue weighted by Crippen LogP contribution is -2.32. The van der Waals surface area contributed by atoms with E-state index in [2.05, 4.69) is 22.2 Å². The first-order chi connectivity index (χ1) is 9.16. The summed E-state index contributed by atoms with van der Waals surface area (Å²) in [6.07, 6.45) is 3.76. The normalized spacial score (nSPS) is 22.8. The zero-order chi connectivity index (χ0) is 13.3. The van der Waals surface area contributed by atoms with Gasteiger partial charge < -0.3 is 15.8 Å². The number of nitrogens with two attached hydrogens (primary N) is 1. The summed E-state index contributed by atoms with van der Waals surface area (Å²) in [6, 6.07) is 5.67. The summed E-state index contributed by atoms with van der Waals surface area (Å²) < 4.78 is 5.77. The Hall–Kier alpha value is -1.88. The summed E-state index contributed by atoms with van der Waals surface area (Å²) in [7, 11) is 0. The van der Waals surface area contributed by atoms with Crippen molar-refractivity contribution < 1.29 is 4.74 Å². The van der Waals surface area contributed by atoms with Crippen LogP contribution in [0, 0.1) is 0 Å². The largest absolute Gasteiger partial charge is 0.399 e. The van der Waals surface area contributed by atoms with Gasteiger partial charge >= 0.3 is 0 Å². The quantitative estimate of drug-likeness (QED) is 0.826. The average Bonchev–Trinajstić information content (AvgIpc) is 2.83. The summed E-state index contributed by atoms with van der Waals surface area (Å²) in [5, 5.41) is 4.36. The van der Waals surface area contributed by atoms with Crippen LogP contribution in [0.2, 0.25) is 0 Å². The van der Waals surface area contributed by atoms with Crippen LogP contribution in [0.15, 0.2) is 24.5 Å². The maximum Gasteiger partial charge on any atom is 0.137 e. The van der Waals surface area contributed by atoms with Crippen LogP contribution in [-0.2, 0) is 4.74 Å². The number of nitrogens with one attached hydrogen (secondary N) is 1. The smallest absolute Gasteiger partial charge is 0.137 e. The molecule has 0 saturated carbocycles. The third-order valence-electron chi connectivity index (χ3n) is 3.59. The van der Waals surface area contributed by atoms with Gasteiger partial charge in [-0.1, -0.05) is 0 Å². The van der Waals surface area contributed by atoms with E-state index in [1.54, 1.807) is 6.33 Å². The number of fused-ring (bicyclic) bond motifs is 1. The molecule has 5 nitrogen and oxygen atoms in total. The molecule has 1 aromatic heterocycles. The van der Waals surface area contributed by atoms with E-state index in [4.69, 9.17) is 10.5 Å². The molecule has 1 aliphatic heterocycles. The highest BCUT2D eigenvalue weighted by molar-refractivity contribution is 5.90. The van der Waals surface area contributed by atoms with Crippen LogP contribution in [0.25, 0.3) is 10.9 Å². The second kappa shape index (κ2) is 4.66. The molecular weight excluding hydrogens is 240 g/mol. The molecule has 3 rings (SSSR count). The van der Waals surface area contributed by atoms with Gasteiger partial charge in [0.25, 0.3) is 0 Å². The minimum atomic E-state index is -0.0922. The first-order valence-electron chi connectivity index (χ1n) is 6.54. The molecule has 1 aromatic carbocycles. The molecule has 1 saturated heterocycles. The Morgan fingerprint density at radius 3 is 3.11 bits per heavy atom. The van der Waals surface area contributed by atoms with Crippen LogP contribution in [-0.4, -0.2) is 28.7 Å². The molecule has 2 heterocycles. The molecule has 0 spiro atoms. The van der Waals surface area contributed by atoms with Crippen molar-refractivity contribution in [3.63, 3.8) is 0 Å². The van der Waals surface area contributed by atoms with Crippen molar-refractivity contribution in [3.05, 3.63) is 24.5 Å². The monoisotopic (exact) mass is 258 g/mol. The van der Waals surface area contributed by atoms with E-state index >= 15 is 0 Å². The lowest BCUT2D eigenvalue weighted by atomic mass is 10.0. The second-order valence-electron chi connectivity index (χ2n) is 5.25. The highest BCUT2D eigenvalue weighted by Gasteiger charge is 2.29. The van der Waals surface area contributed by atoms with Gasteiger partial charge in [0.2, 0.25) is 0 Å². The van der Waals surface area contributed by atoms with E-state index in [9.17, 15) is 0 Å². The number of hydrogen-bond donors (Lipinski definition) is 2. The summed E-state index contributed by atoms with van der Waals surface area (Å²) in [5.74, 6) is 0.835. The van der Waals surface area contributed by atoms with E-state index in [1.165, 1.54) is 0 Å². The van der Waals surface area contributed by atoms with Crippen molar-refractivity contribution in [2.24, 2.45) is 0 Å². The standard InChI is InChI=1S/C14H18N4O/c1-14(5-2-6-19-14)8-16-13-11-4-3-10(15)7-12(11)17-9-18-13/h3-4,7,9H,2,5-6,8,15H2,1H3,(H,16,17,18). The Morgan fingerprint density at radius 1 is 1.42 bits per heavy atom. The van der Waals surface area contributed by atoms with Crippen molar-refractivity contribution in [2.45, 2.75) is 25.4 Å². The van der Waals surface area contributed by atoms with E-state index in [0.717, 1.165) is 42.7 Å². The number of ether oxygens (including phenoxy) is 1. The molecule has 1 atom stereocenters. The zero-order valence-electron chi connectivity index (χ0n) is 11.0. The summed E-state index contributed by atoms with van der Waals surface area (Å²) in [5.41, 5.74) is 7.24. The topological polar surface area (TPSA) is 73.1 Å². The Balaban J connectivity index is 1.84. The van der Waals surface area contributed by atoms with Crippen molar-refractivity contribution in [1.82, 2.24) is 9.97 Å². The summed E-state index contributed by atoms with van der Waals surface area (Å²) in [4.78, 5) is 8.55. The van der Waals surface area contributed by atoms with Crippen molar-refractivity contribution in [2.75, 3.05) is 24.2 Å². The van der Waals surface area contributed by atoms with Crippen LogP contribution in [0.1, 0.15) is 19.8 Å². The van der Waals surface area contributed by atoms with Crippen LogP contribution in [0.4, 0.5) is 11.5 Å². The van der Waals surface area contributed by atoms with Gasteiger partial charge in [0.05, 0.1) is 11.1 Å². The van der Waals surface area contributed by atoms with Crippen LogP contribution >= 0.6 is 0 Å². The fourth-order valence-corrected chi connectivity index (χ4v) is 2.46. The molecule has 1 fully saturated rings. The first kappa shape index (κ1) is 12.2. The lowest BCUT2D eigenvalue weighted by molar-refractivity contribution is 0.0315. The minimum Gasteiger partial charge on any atom is -0.399 e. The number of nitrogens with zero attached hydrogens (tertiary/aromatic N) is 2. The summed E-state index contributed by atoms with van der Waals surface area (Å²) in [6.45, 7) is 3.73. The van der Waals surface area contributed by atoms with Gasteiger partial charge in [0, 0.05) is 24.2 Å². The third-order valence-corrected chi connectivity index (χ3v) is 3.59. The molecule has 0 aliphatic carbocycles. The second-order valence-corrected chi connectivity index (χ2v) is 5.25. The molecule has 2 aromatic rings.